The van der Waals surface area contributed by atoms with E-state index in [4.69, 9.17) is 0 Å². The smallest absolute Gasteiger partial charge is 0.224 e. The molecule has 0 heterocycles. The van der Waals surface area contributed by atoms with E-state index in [-0.39, 0.29) is 5.91 Å². The SMILES string of the molecule is CCC(=O)Nc1ccc(C(C)(C)N=O)cc1. The summed E-state index contributed by atoms with van der Waals surface area (Å²) in [5.74, 6) is -0.0273. The number of carbonyl (C=O) groups is 1. The molecule has 0 aliphatic rings. The fourth-order valence-electron chi connectivity index (χ4n) is 1.26. The van der Waals surface area contributed by atoms with Crippen LogP contribution in [0.4, 0.5) is 5.69 Å². The van der Waals surface area contributed by atoms with Gasteiger partial charge < -0.3 is 5.32 Å². The predicted molar refractivity (Wildman–Crippen MR) is 64.2 cm³/mol. The molecule has 4 nitrogen and oxygen atoms in total. The molecule has 0 radical (unpaired) electrons. The van der Waals surface area contributed by atoms with Crippen molar-refractivity contribution < 1.29 is 4.79 Å². The van der Waals surface area contributed by atoms with Crippen molar-refractivity contribution in [2.24, 2.45) is 5.18 Å². The fraction of sp³-hybridized carbons (Fsp3) is 0.417. The molecule has 16 heavy (non-hydrogen) atoms. The zero-order valence-electron chi connectivity index (χ0n) is 9.78. The monoisotopic (exact) mass is 220 g/mol. The summed E-state index contributed by atoms with van der Waals surface area (Å²) >= 11 is 0. The molecule has 86 valence electrons. The first-order valence-corrected chi connectivity index (χ1v) is 5.24. The van der Waals surface area contributed by atoms with Crippen LogP contribution in [0.15, 0.2) is 29.4 Å². The molecule has 0 aromatic heterocycles. The molecular weight excluding hydrogens is 204 g/mol. The zero-order valence-corrected chi connectivity index (χ0v) is 9.78. The van der Waals surface area contributed by atoms with E-state index < -0.39 is 5.54 Å². The van der Waals surface area contributed by atoms with Gasteiger partial charge in [0.1, 0.15) is 5.54 Å². The number of nitroso groups, excluding NO2 is 1. The molecule has 0 bridgehead atoms. The minimum atomic E-state index is -0.729. The first-order valence-electron chi connectivity index (χ1n) is 5.24. The molecule has 0 spiro atoms. The summed E-state index contributed by atoms with van der Waals surface area (Å²) in [6.45, 7) is 5.29. The van der Waals surface area contributed by atoms with Crippen LogP contribution in [0, 0.1) is 4.91 Å². The van der Waals surface area contributed by atoms with Gasteiger partial charge in [-0.05, 0) is 31.5 Å². The highest BCUT2D eigenvalue weighted by Crippen LogP contribution is 2.25. The van der Waals surface area contributed by atoms with Gasteiger partial charge in [-0.25, -0.2) is 0 Å². The van der Waals surface area contributed by atoms with Crippen molar-refractivity contribution in [1.82, 2.24) is 0 Å². The molecule has 0 saturated carbocycles. The van der Waals surface area contributed by atoms with Crippen LogP contribution < -0.4 is 5.32 Å². The standard InChI is InChI=1S/C12H16N2O2/c1-4-11(15)13-10-7-5-9(6-8-10)12(2,3)14-16/h5-8H,4H2,1-3H3,(H,13,15). The number of nitrogens with zero attached hydrogens (tertiary/aromatic N) is 1. The Morgan fingerprint density at radius 3 is 2.31 bits per heavy atom. The van der Waals surface area contributed by atoms with Gasteiger partial charge in [-0.3, -0.25) is 4.79 Å². The molecule has 4 heteroatoms. The van der Waals surface area contributed by atoms with Gasteiger partial charge in [0.05, 0.1) is 0 Å². The van der Waals surface area contributed by atoms with E-state index in [1.807, 2.05) is 0 Å². The quantitative estimate of drug-likeness (QED) is 0.793. The molecule has 1 N–H and O–H groups in total. The van der Waals surface area contributed by atoms with Crippen LogP contribution in [0.3, 0.4) is 0 Å². The van der Waals surface area contributed by atoms with Crippen molar-refractivity contribution in [2.45, 2.75) is 32.7 Å². The largest absolute Gasteiger partial charge is 0.326 e. The van der Waals surface area contributed by atoms with Crippen molar-refractivity contribution in [2.75, 3.05) is 5.32 Å². The summed E-state index contributed by atoms with van der Waals surface area (Å²) in [6.07, 6.45) is 0.448. The number of anilines is 1. The molecule has 0 aliphatic carbocycles. The van der Waals surface area contributed by atoms with Gasteiger partial charge in [-0.2, -0.15) is 0 Å². The minimum absolute atomic E-state index is 0.0273. The highest BCUT2D eigenvalue weighted by Gasteiger charge is 2.20. The predicted octanol–water partition coefficient (Wildman–Crippen LogP) is 3.04. The van der Waals surface area contributed by atoms with Crippen LogP contribution in [-0.2, 0) is 10.3 Å². The van der Waals surface area contributed by atoms with Crippen molar-refractivity contribution in [3.05, 3.63) is 34.7 Å². The molecule has 1 aromatic carbocycles. The third-order valence-electron chi connectivity index (χ3n) is 2.42. The second kappa shape index (κ2) is 4.88. The van der Waals surface area contributed by atoms with E-state index in [9.17, 15) is 9.70 Å². The van der Waals surface area contributed by atoms with Crippen molar-refractivity contribution in [3.63, 3.8) is 0 Å². The van der Waals surface area contributed by atoms with Crippen LogP contribution >= 0.6 is 0 Å². The van der Waals surface area contributed by atoms with E-state index in [0.717, 1.165) is 11.3 Å². The third kappa shape index (κ3) is 2.89. The topological polar surface area (TPSA) is 58.5 Å². The summed E-state index contributed by atoms with van der Waals surface area (Å²) in [7, 11) is 0. The maximum atomic E-state index is 11.1. The minimum Gasteiger partial charge on any atom is -0.326 e. The van der Waals surface area contributed by atoms with Crippen LogP contribution in [0.1, 0.15) is 32.8 Å². The van der Waals surface area contributed by atoms with Gasteiger partial charge >= 0.3 is 0 Å². The van der Waals surface area contributed by atoms with Gasteiger partial charge in [0.25, 0.3) is 0 Å². The van der Waals surface area contributed by atoms with Crippen LogP contribution in [0.5, 0.6) is 0 Å². The molecule has 0 saturated heterocycles. The molecule has 1 rings (SSSR count). The number of amides is 1. The Bertz CT molecular complexity index is 383. The van der Waals surface area contributed by atoms with Crippen LogP contribution in [0.2, 0.25) is 0 Å². The van der Waals surface area contributed by atoms with E-state index in [1.165, 1.54) is 0 Å². The Morgan fingerprint density at radius 1 is 1.31 bits per heavy atom. The molecular formula is C12H16N2O2. The van der Waals surface area contributed by atoms with Gasteiger partial charge in [0, 0.05) is 12.1 Å². The molecule has 0 aliphatic heterocycles. The van der Waals surface area contributed by atoms with Gasteiger partial charge in [-0.15, -0.1) is 4.91 Å². The summed E-state index contributed by atoms with van der Waals surface area (Å²) in [4.78, 5) is 21.8. The second-order valence-corrected chi connectivity index (χ2v) is 4.13. The highest BCUT2D eigenvalue weighted by molar-refractivity contribution is 5.90. The molecule has 0 unspecified atom stereocenters. The van der Waals surface area contributed by atoms with Crippen molar-refractivity contribution in [1.29, 1.82) is 0 Å². The zero-order chi connectivity index (χ0) is 12.2. The maximum absolute atomic E-state index is 11.1. The summed E-state index contributed by atoms with van der Waals surface area (Å²) in [5.41, 5.74) is 0.835. The Labute approximate surface area is 95.0 Å². The third-order valence-corrected chi connectivity index (χ3v) is 2.42. The number of carbonyl (C=O) groups excluding carboxylic acids is 1. The van der Waals surface area contributed by atoms with Gasteiger partial charge in [0.15, 0.2) is 0 Å². The lowest BCUT2D eigenvalue weighted by molar-refractivity contribution is -0.115. The number of rotatable bonds is 4. The van der Waals surface area contributed by atoms with Crippen LogP contribution in [0.25, 0.3) is 0 Å². The molecule has 0 atom stereocenters. The summed E-state index contributed by atoms with van der Waals surface area (Å²) in [5, 5.41) is 5.80. The van der Waals surface area contributed by atoms with E-state index in [2.05, 4.69) is 10.5 Å². The molecule has 0 fully saturated rings. The lowest BCUT2D eigenvalue weighted by Crippen LogP contribution is -2.13. The number of hydrogen-bond acceptors (Lipinski definition) is 3. The van der Waals surface area contributed by atoms with Crippen molar-refractivity contribution in [3.8, 4) is 0 Å². The second-order valence-electron chi connectivity index (χ2n) is 4.13. The Balaban J connectivity index is 2.83. The Kier molecular flexibility index (Phi) is 3.77. The maximum Gasteiger partial charge on any atom is 0.224 e. The average Bonchev–Trinajstić information content (AvgIpc) is 2.29. The molecule has 1 aromatic rings. The number of benzene rings is 1. The summed E-state index contributed by atoms with van der Waals surface area (Å²) in [6, 6.07) is 7.14. The highest BCUT2D eigenvalue weighted by atomic mass is 16.3. The fourth-order valence-corrected chi connectivity index (χ4v) is 1.26. The summed E-state index contributed by atoms with van der Waals surface area (Å²) < 4.78 is 0. The van der Waals surface area contributed by atoms with E-state index in [0.29, 0.717) is 6.42 Å². The van der Waals surface area contributed by atoms with Crippen LogP contribution in [-0.4, -0.2) is 5.91 Å². The number of hydrogen-bond donors (Lipinski definition) is 1. The Hall–Kier alpha value is -1.71. The molecule has 1 amide bonds. The van der Waals surface area contributed by atoms with Gasteiger partial charge in [0.2, 0.25) is 5.91 Å². The van der Waals surface area contributed by atoms with Crippen molar-refractivity contribution >= 4 is 11.6 Å². The number of nitrogens with one attached hydrogen (secondary N) is 1. The first-order chi connectivity index (χ1) is 7.49. The normalized spacial score (nSPS) is 10.9. The lowest BCUT2D eigenvalue weighted by atomic mass is 9.95. The average molecular weight is 220 g/mol. The first kappa shape index (κ1) is 12.4. The lowest BCUT2D eigenvalue weighted by Gasteiger charge is -2.15. The van der Waals surface area contributed by atoms with E-state index >= 15 is 0 Å². The Morgan fingerprint density at radius 2 is 1.88 bits per heavy atom. The van der Waals surface area contributed by atoms with E-state index in [1.54, 1.807) is 45.0 Å². The van der Waals surface area contributed by atoms with Gasteiger partial charge in [-0.1, -0.05) is 24.2 Å².